The second-order valence-corrected chi connectivity index (χ2v) is 3.79. The van der Waals surface area contributed by atoms with Gasteiger partial charge in [-0.05, 0) is 29.1 Å². The van der Waals surface area contributed by atoms with Crippen molar-refractivity contribution in [3.63, 3.8) is 0 Å². The number of nitrogens with zero attached hydrogens (tertiary/aromatic N) is 4. The fourth-order valence-corrected chi connectivity index (χ4v) is 1.59. The quantitative estimate of drug-likeness (QED) is 0.901. The Kier molecular flexibility index (Phi) is 3.65. The van der Waals surface area contributed by atoms with E-state index in [0.29, 0.717) is 23.1 Å². The molecule has 1 aromatic carbocycles. The molecule has 0 bridgehead atoms. The number of tetrazole rings is 1. The molecule has 0 saturated heterocycles. The second kappa shape index (κ2) is 5.20. The first kappa shape index (κ1) is 11.9. The average molecular weight is 256 g/mol. The van der Waals surface area contributed by atoms with E-state index in [9.17, 15) is 4.39 Å². The molecule has 0 radical (unpaired) electrons. The largest absolute Gasteiger partial charge is 0.310 e. The van der Waals surface area contributed by atoms with Gasteiger partial charge in [0, 0.05) is 6.07 Å². The molecule has 0 saturated carbocycles. The molecule has 2 rings (SSSR count). The normalized spacial score (nSPS) is 10.8. The molecule has 0 aliphatic carbocycles. The van der Waals surface area contributed by atoms with Gasteiger partial charge in [0.15, 0.2) is 5.82 Å². The van der Waals surface area contributed by atoms with Gasteiger partial charge >= 0.3 is 0 Å². The number of aromatic nitrogens is 4. The minimum absolute atomic E-state index is 0.380. The van der Waals surface area contributed by atoms with Crippen molar-refractivity contribution < 1.29 is 4.39 Å². The molecule has 0 amide bonds. The predicted molar refractivity (Wildman–Crippen MR) is 61.5 cm³/mol. The highest BCUT2D eigenvalue weighted by atomic mass is 35.5. The maximum atomic E-state index is 13.2. The maximum Gasteiger partial charge on any atom is 0.170 e. The Hall–Kier alpha value is -1.53. The van der Waals surface area contributed by atoms with Crippen LogP contribution in [0.5, 0.6) is 0 Å². The van der Waals surface area contributed by atoms with Crippen LogP contribution in [0.1, 0.15) is 12.7 Å². The Morgan fingerprint density at radius 3 is 3.06 bits per heavy atom. The van der Waals surface area contributed by atoms with Crippen molar-refractivity contribution in [3.8, 4) is 5.69 Å². The van der Waals surface area contributed by atoms with Crippen molar-refractivity contribution in [3.05, 3.63) is 34.9 Å². The highest BCUT2D eigenvalue weighted by Crippen LogP contribution is 2.21. The first-order chi connectivity index (χ1) is 8.22. The van der Waals surface area contributed by atoms with Crippen LogP contribution >= 0.6 is 11.6 Å². The summed E-state index contributed by atoms with van der Waals surface area (Å²) < 4.78 is 14.6. The Morgan fingerprint density at radius 1 is 1.47 bits per heavy atom. The standard InChI is InChI=1S/C10H11ClFN5/c1-2-13-6-10-14-15-16-17(10)9-5-7(12)3-4-8(9)11/h3-5,13H,2,6H2,1H3. The van der Waals surface area contributed by atoms with E-state index in [-0.39, 0.29) is 5.82 Å². The number of halogens is 2. The van der Waals surface area contributed by atoms with E-state index in [0.717, 1.165) is 6.54 Å². The lowest BCUT2D eigenvalue weighted by Gasteiger charge is -2.06. The van der Waals surface area contributed by atoms with Gasteiger partial charge in [-0.1, -0.05) is 18.5 Å². The van der Waals surface area contributed by atoms with Gasteiger partial charge in [-0.2, -0.15) is 4.68 Å². The summed E-state index contributed by atoms with van der Waals surface area (Å²) in [7, 11) is 0. The van der Waals surface area contributed by atoms with Crippen LogP contribution in [0.2, 0.25) is 5.02 Å². The third kappa shape index (κ3) is 2.59. The van der Waals surface area contributed by atoms with Crippen LogP contribution < -0.4 is 5.32 Å². The van der Waals surface area contributed by atoms with Crippen molar-refractivity contribution in [2.45, 2.75) is 13.5 Å². The summed E-state index contributed by atoms with van der Waals surface area (Å²) >= 11 is 5.99. The zero-order valence-corrected chi connectivity index (χ0v) is 9.95. The van der Waals surface area contributed by atoms with E-state index in [1.165, 1.54) is 22.9 Å². The van der Waals surface area contributed by atoms with E-state index < -0.39 is 0 Å². The number of nitrogens with one attached hydrogen (secondary N) is 1. The van der Waals surface area contributed by atoms with Crippen LogP contribution in [0.4, 0.5) is 4.39 Å². The lowest BCUT2D eigenvalue weighted by Crippen LogP contribution is -2.16. The molecule has 0 aliphatic heterocycles. The fraction of sp³-hybridized carbons (Fsp3) is 0.300. The summed E-state index contributed by atoms with van der Waals surface area (Å²) in [4.78, 5) is 0. The van der Waals surface area contributed by atoms with Crippen LogP contribution in [0.15, 0.2) is 18.2 Å². The zero-order valence-electron chi connectivity index (χ0n) is 9.19. The first-order valence-corrected chi connectivity index (χ1v) is 5.53. The van der Waals surface area contributed by atoms with Crippen LogP contribution in [-0.2, 0) is 6.54 Å². The summed E-state index contributed by atoms with van der Waals surface area (Å²) in [5, 5.41) is 14.7. The SMILES string of the molecule is CCNCc1nnnn1-c1cc(F)ccc1Cl. The van der Waals surface area contributed by atoms with Gasteiger partial charge in [0.2, 0.25) is 0 Å². The van der Waals surface area contributed by atoms with E-state index in [1.807, 2.05) is 6.92 Å². The van der Waals surface area contributed by atoms with E-state index in [2.05, 4.69) is 20.8 Å². The van der Waals surface area contributed by atoms with Gasteiger partial charge in [0.05, 0.1) is 17.3 Å². The molecule has 0 atom stereocenters. The molecule has 0 aliphatic rings. The van der Waals surface area contributed by atoms with Crippen molar-refractivity contribution >= 4 is 11.6 Å². The summed E-state index contributed by atoms with van der Waals surface area (Å²) in [6.45, 7) is 3.27. The zero-order chi connectivity index (χ0) is 12.3. The van der Waals surface area contributed by atoms with Crippen molar-refractivity contribution in [2.24, 2.45) is 0 Å². The molecule has 90 valence electrons. The molecular formula is C10H11ClFN5. The maximum absolute atomic E-state index is 13.2. The number of benzene rings is 1. The lowest BCUT2D eigenvalue weighted by molar-refractivity contribution is 0.621. The van der Waals surface area contributed by atoms with Crippen LogP contribution in [-0.4, -0.2) is 26.8 Å². The summed E-state index contributed by atoms with van der Waals surface area (Å²) in [6.07, 6.45) is 0. The fourth-order valence-electron chi connectivity index (χ4n) is 1.39. The molecule has 1 N–H and O–H groups in total. The van der Waals surface area contributed by atoms with Crippen LogP contribution in [0, 0.1) is 5.82 Å². The molecule has 0 spiro atoms. The minimum atomic E-state index is -0.380. The van der Waals surface area contributed by atoms with E-state index in [4.69, 9.17) is 11.6 Å². The second-order valence-electron chi connectivity index (χ2n) is 3.38. The molecule has 17 heavy (non-hydrogen) atoms. The van der Waals surface area contributed by atoms with Gasteiger partial charge < -0.3 is 5.32 Å². The van der Waals surface area contributed by atoms with Gasteiger partial charge in [-0.25, -0.2) is 4.39 Å². The van der Waals surface area contributed by atoms with E-state index >= 15 is 0 Å². The number of hydrogen-bond donors (Lipinski definition) is 1. The van der Waals surface area contributed by atoms with Crippen molar-refractivity contribution in [2.75, 3.05) is 6.54 Å². The topological polar surface area (TPSA) is 55.6 Å². The van der Waals surface area contributed by atoms with Crippen LogP contribution in [0.3, 0.4) is 0 Å². The molecule has 0 unspecified atom stereocenters. The highest BCUT2D eigenvalue weighted by molar-refractivity contribution is 6.32. The van der Waals surface area contributed by atoms with Gasteiger partial charge in [0.25, 0.3) is 0 Å². The summed E-state index contributed by atoms with van der Waals surface area (Å²) in [5.74, 6) is 0.202. The smallest absolute Gasteiger partial charge is 0.170 e. The molecule has 2 aromatic rings. The lowest BCUT2D eigenvalue weighted by atomic mass is 10.3. The molecule has 0 fully saturated rings. The number of hydrogen-bond acceptors (Lipinski definition) is 4. The summed E-state index contributed by atoms with van der Waals surface area (Å²) in [6, 6.07) is 4.07. The van der Waals surface area contributed by atoms with Crippen LogP contribution in [0.25, 0.3) is 5.69 Å². The van der Waals surface area contributed by atoms with E-state index in [1.54, 1.807) is 0 Å². The Morgan fingerprint density at radius 2 is 2.29 bits per heavy atom. The third-order valence-electron chi connectivity index (χ3n) is 2.20. The molecular weight excluding hydrogens is 245 g/mol. The van der Waals surface area contributed by atoms with Gasteiger partial charge in [-0.15, -0.1) is 5.10 Å². The number of rotatable bonds is 4. The summed E-state index contributed by atoms with van der Waals surface area (Å²) in [5.41, 5.74) is 0.435. The van der Waals surface area contributed by atoms with Crippen molar-refractivity contribution in [1.29, 1.82) is 0 Å². The van der Waals surface area contributed by atoms with Crippen molar-refractivity contribution in [1.82, 2.24) is 25.5 Å². The van der Waals surface area contributed by atoms with Gasteiger partial charge in [0.1, 0.15) is 5.82 Å². The Labute approximate surface area is 103 Å². The first-order valence-electron chi connectivity index (χ1n) is 5.15. The Balaban J connectivity index is 2.38. The Bertz CT molecular complexity index is 513. The minimum Gasteiger partial charge on any atom is -0.310 e. The monoisotopic (exact) mass is 255 g/mol. The molecule has 7 heteroatoms. The molecule has 1 aromatic heterocycles. The predicted octanol–water partition coefficient (Wildman–Crippen LogP) is 1.56. The molecule has 1 heterocycles. The van der Waals surface area contributed by atoms with Gasteiger partial charge in [-0.3, -0.25) is 0 Å². The third-order valence-corrected chi connectivity index (χ3v) is 2.52. The molecule has 5 nitrogen and oxygen atoms in total. The average Bonchev–Trinajstić information content (AvgIpc) is 2.77. The highest BCUT2D eigenvalue weighted by Gasteiger charge is 2.11.